The molecule has 0 spiro atoms. The van der Waals surface area contributed by atoms with Crippen molar-refractivity contribution < 1.29 is 22.4 Å². The van der Waals surface area contributed by atoms with E-state index in [0.29, 0.717) is 17.0 Å². The van der Waals surface area contributed by atoms with Crippen molar-refractivity contribution >= 4 is 39.1 Å². The van der Waals surface area contributed by atoms with Gasteiger partial charge in [-0.05, 0) is 66.9 Å². The Morgan fingerprint density at radius 2 is 1.45 bits per heavy atom. The first-order valence-electron chi connectivity index (χ1n) is 14.3. The van der Waals surface area contributed by atoms with Gasteiger partial charge >= 0.3 is 0 Å². The lowest BCUT2D eigenvalue weighted by molar-refractivity contribution is -0.140. The number of anilines is 1. The smallest absolute Gasteiger partial charge is 0.264 e. The molecular weight excluding hydrogens is 601 g/mol. The topological polar surface area (TPSA) is 86.8 Å². The summed E-state index contributed by atoms with van der Waals surface area (Å²) >= 11 is 6.51. The van der Waals surface area contributed by atoms with Gasteiger partial charge in [0.2, 0.25) is 11.8 Å². The largest absolute Gasteiger partial charge is 0.352 e. The van der Waals surface area contributed by atoms with E-state index in [4.69, 9.17) is 11.6 Å². The highest BCUT2D eigenvalue weighted by atomic mass is 35.5. The third-order valence-electron chi connectivity index (χ3n) is 7.30. The molecule has 2 atom stereocenters. The van der Waals surface area contributed by atoms with Gasteiger partial charge in [-0.3, -0.25) is 13.9 Å². The lowest BCUT2D eigenvalue weighted by atomic mass is 10.0. The third-order valence-corrected chi connectivity index (χ3v) is 9.45. The van der Waals surface area contributed by atoms with Gasteiger partial charge in [0.15, 0.2) is 0 Å². The van der Waals surface area contributed by atoms with Gasteiger partial charge in [-0.15, -0.1) is 0 Å². The van der Waals surface area contributed by atoms with Crippen LogP contribution in [0, 0.1) is 5.82 Å². The van der Waals surface area contributed by atoms with E-state index in [9.17, 15) is 22.4 Å². The number of sulfonamides is 1. The van der Waals surface area contributed by atoms with Crippen molar-refractivity contribution in [3.05, 3.63) is 131 Å². The number of hydrogen-bond acceptors (Lipinski definition) is 4. The molecule has 4 aromatic carbocycles. The fourth-order valence-corrected chi connectivity index (χ4v) is 6.29. The Morgan fingerprint density at radius 1 is 0.864 bits per heavy atom. The molecule has 0 radical (unpaired) electrons. The van der Waals surface area contributed by atoms with Crippen molar-refractivity contribution in [2.24, 2.45) is 0 Å². The molecule has 0 saturated carbocycles. The molecule has 0 unspecified atom stereocenters. The number of nitrogens with one attached hydrogen (secondary N) is 1. The molecule has 7 nitrogen and oxygen atoms in total. The zero-order valence-corrected chi connectivity index (χ0v) is 26.1. The number of carbonyl (C=O) groups excluding carboxylic acids is 2. The summed E-state index contributed by atoms with van der Waals surface area (Å²) < 4.78 is 42.7. The van der Waals surface area contributed by atoms with Crippen molar-refractivity contribution in [2.45, 2.75) is 50.2 Å². The molecule has 0 aliphatic carbocycles. The molecule has 0 bridgehead atoms. The van der Waals surface area contributed by atoms with Crippen molar-refractivity contribution in [1.29, 1.82) is 0 Å². The summed E-state index contributed by atoms with van der Waals surface area (Å²) in [6.45, 7) is 3.13. The van der Waals surface area contributed by atoms with Crippen LogP contribution in [0.3, 0.4) is 0 Å². The number of amides is 2. The molecule has 0 aliphatic rings. The van der Waals surface area contributed by atoms with Gasteiger partial charge < -0.3 is 10.2 Å². The molecule has 1 N–H and O–H groups in total. The van der Waals surface area contributed by atoms with Crippen molar-refractivity contribution in [1.82, 2.24) is 10.2 Å². The zero-order chi connectivity index (χ0) is 31.7. The summed E-state index contributed by atoms with van der Waals surface area (Å²) in [4.78, 5) is 29.6. The number of rotatable bonds is 13. The van der Waals surface area contributed by atoms with Crippen LogP contribution in [-0.2, 0) is 32.6 Å². The monoisotopic (exact) mass is 635 g/mol. The van der Waals surface area contributed by atoms with E-state index < -0.39 is 34.3 Å². The predicted molar refractivity (Wildman–Crippen MR) is 171 cm³/mol. The number of nitrogens with zero attached hydrogens (tertiary/aromatic N) is 2. The van der Waals surface area contributed by atoms with E-state index in [1.165, 1.54) is 29.2 Å². The Balaban J connectivity index is 1.80. The van der Waals surface area contributed by atoms with Crippen LogP contribution in [0.2, 0.25) is 5.02 Å². The highest BCUT2D eigenvalue weighted by molar-refractivity contribution is 7.92. The Kier molecular flexibility index (Phi) is 11.1. The van der Waals surface area contributed by atoms with Gasteiger partial charge in [0.1, 0.15) is 18.4 Å². The standard InChI is InChI=1S/C34H35ClFN3O4S/c1-3-25(2)37-34(41)32(22-26-12-6-4-7-13-26)38(23-27-14-10-11-17-31(27)35)33(40)24-39(29-20-18-28(36)19-21-29)44(42,43)30-15-8-5-9-16-30/h4-21,25,32H,3,22-24H2,1-2H3,(H,37,41)/t25-,32-/m0/s1. The minimum Gasteiger partial charge on any atom is -0.352 e. The quantitative estimate of drug-likeness (QED) is 0.189. The fourth-order valence-electron chi connectivity index (χ4n) is 4.66. The van der Waals surface area contributed by atoms with Gasteiger partial charge in [0.05, 0.1) is 10.6 Å². The lowest BCUT2D eigenvalue weighted by Gasteiger charge is -2.34. The first kappa shape index (κ1) is 32.7. The van der Waals surface area contributed by atoms with Crippen LogP contribution in [0.15, 0.2) is 114 Å². The van der Waals surface area contributed by atoms with Crippen molar-refractivity contribution in [3.63, 3.8) is 0 Å². The maximum atomic E-state index is 14.4. The lowest BCUT2D eigenvalue weighted by Crippen LogP contribution is -2.54. The molecule has 0 saturated heterocycles. The molecule has 0 aliphatic heterocycles. The summed E-state index contributed by atoms with van der Waals surface area (Å²) in [7, 11) is -4.27. The van der Waals surface area contributed by atoms with Gasteiger partial charge in [-0.2, -0.15) is 0 Å². The maximum Gasteiger partial charge on any atom is 0.264 e. The second-order valence-corrected chi connectivity index (χ2v) is 12.7. The second kappa shape index (κ2) is 15.0. The van der Waals surface area contributed by atoms with Crippen molar-refractivity contribution in [3.8, 4) is 0 Å². The van der Waals surface area contributed by atoms with Crippen molar-refractivity contribution in [2.75, 3.05) is 10.8 Å². The first-order chi connectivity index (χ1) is 21.1. The summed E-state index contributed by atoms with van der Waals surface area (Å²) in [6, 6.07) is 27.7. The summed E-state index contributed by atoms with van der Waals surface area (Å²) in [5.74, 6) is -1.56. The molecule has 44 heavy (non-hydrogen) atoms. The Morgan fingerprint density at radius 3 is 2.07 bits per heavy atom. The maximum absolute atomic E-state index is 14.4. The molecule has 0 heterocycles. The van der Waals surface area contributed by atoms with Crippen LogP contribution >= 0.6 is 11.6 Å². The van der Waals surface area contributed by atoms with Crippen LogP contribution in [0.25, 0.3) is 0 Å². The molecule has 0 aromatic heterocycles. The van der Waals surface area contributed by atoms with Crippen LogP contribution in [0.5, 0.6) is 0 Å². The molecule has 2 amide bonds. The average molecular weight is 636 g/mol. The Hall–Kier alpha value is -4.21. The third kappa shape index (κ3) is 8.24. The van der Waals surface area contributed by atoms with E-state index in [1.807, 2.05) is 44.2 Å². The number of benzene rings is 4. The minimum atomic E-state index is -4.27. The van der Waals surface area contributed by atoms with E-state index in [0.717, 1.165) is 22.0 Å². The van der Waals surface area contributed by atoms with Gasteiger partial charge in [-0.25, -0.2) is 12.8 Å². The summed E-state index contributed by atoms with van der Waals surface area (Å²) in [5.41, 5.74) is 1.52. The van der Waals surface area contributed by atoms with Crippen LogP contribution in [0.4, 0.5) is 10.1 Å². The highest BCUT2D eigenvalue weighted by Crippen LogP contribution is 2.26. The number of hydrogen-bond donors (Lipinski definition) is 1. The van der Waals surface area contributed by atoms with Crippen LogP contribution in [-0.4, -0.2) is 43.8 Å². The van der Waals surface area contributed by atoms with Gasteiger partial charge in [-0.1, -0.05) is 85.3 Å². The van der Waals surface area contributed by atoms with E-state index in [2.05, 4.69) is 5.32 Å². The number of carbonyl (C=O) groups is 2. The van der Waals surface area contributed by atoms with E-state index >= 15 is 0 Å². The van der Waals surface area contributed by atoms with Crippen LogP contribution in [0.1, 0.15) is 31.4 Å². The zero-order valence-electron chi connectivity index (χ0n) is 24.6. The highest BCUT2D eigenvalue weighted by Gasteiger charge is 2.35. The summed E-state index contributed by atoms with van der Waals surface area (Å²) in [5, 5.41) is 3.39. The van der Waals surface area contributed by atoms with Gasteiger partial charge in [0, 0.05) is 24.0 Å². The SMILES string of the molecule is CC[C@H](C)NC(=O)[C@H](Cc1ccccc1)N(Cc1ccccc1Cl)C(=O)CN(c1ccc(F)cc1)S(=O)(=O)c1ccccc1. The molecular formula is C34H35ClFN3O4S. The fraction of sp³-hybridized carbons (Fsp3) is 0.235. The first-order valence-corrected chi connectivity index (χ1v) is 16.1. The predicted octanol–water partition coefficient (Wildman–Crippen LogP) is 6.23. The molecule has 10 heteroatoms. The minimum absolute atomic E-state index is 0.0369. The Bertz CT molecular complexity index is 1660. The number of halogens is 2. The molecule has 4 aromatic rings. The second-order valence-electron chi connectivity index (χ2n) is 10.4. The van der Waals surface area contributed by atoms with Crippen LogP contribution < -0.4 is 9.62 Å². The average Bonchev–Trinajstić information content (AvgIpc) is 3.03. The molecule has 0 fully saturated rings. The summed E-state index contributed by atoms with van der Waals surface area (Å²) in [6.07, 6.45) is 0.858. The van der Waals surface area contributed by atoms with E-state index in [-0.39, 0.29) is 35.5 Å². The molecule has 4 rings (SSSR count). The Labute approximate surface area is 263 Å². The molecule has 230 valence electrons. The van der Waals surface area contributed by atoms with Gasteiger partial charge in [0.25, 0.3) is 10.0 Å². The normalized spacial score (nSPS) is 12.6. The van der Waals surface area contributed by atoms with E-state index in [1.54, 1.807) is 42.5 Å².